The maximum Gasteiger partial charge on any atom is 0.326 e. The quantitative estimate of drug-likeness (QED) is 0.894. The van der Waals surface area contributed by atoms with E-state index >= 15 is 0 Å². The Hall–Kier alpha value is -2.14. The van der Waals surface area contributed by atoms with Gasteiger partial charge in [-0.25, -0.2) is 4.79 Å². The summed E-state index contributed by atoms with van der Waals surface area (Å²) < 4.78 is 5.31. The van der Waals surface area contributed by atoms with E-state index in [4.69, 9.17) is 4.74 Å². The fraction of sp³-hybridized carbons (Fsp3) is 0.278. The monoisotopic (exact) mass is 328 g/mol. The SMILES string of the molecule is CCC1CN(C(=O)Nc2ccccc2OC)c2ccccc2S1. The van der Waals surface area contributed by atoms with Gasteiger partial charge in [0.2, 0.25) is 0 Å². The zero-order valence-electron chi connectivity index (χ0n) is 13.3. The van der Waals surface area contributed by atoms with Crippen LogP contribution in [0, 0.1) is 0 Å². The highest BCUT2D eigenvalue weighted by atomic mass is 32.2. The van der Waals surface area contributed by atoms with E-state index in [-0.39, 0.29) is 6.03 Å². The van der Waals surface area contributed by atoms with Gasteiger partial charge in [-0.3, -0.25) is 4.90 Å². The highest BCUT2D eigenvalue weighted by Crippen LogP contribution is 2.39. The Morgan fingerprint density at radius 3 is 2.78 bits per heavy atom. The molecular formula is C18H20N2O2S. The lowest BCUT2D eigenvalue weighted by Gasteiger charge is -2.33. The molecule has 0 saturated heterocycles. The number of hydrogen-bond acceptors (Lipinski definition) is 3. The molecule has 2 amide bonds. The van der Waals surface area contributed by atoms with Gasteiger partial charge in [0.05, 0.1) is 18.5 Å². The van der Waals surface area contributed by atoms with E-state index in [2.05, 4.69) is 18.3 Å². The molecule has 0 bridgehead atoms. The van der Waals surface area contributed by atoms with Gasteiger partial charge in [0.25, 0.3) is 0 Å². The summed E-state index contributed by atoms with van der Waals surface area (Å²) in [5.74, 6) is 0.660. The number of rotatable bonds is 3. The first kappa shape index (κ1) is 15.7. The number of amides is 2. The second-order valence-electron chi connectivity index (χ2n) is 5.36. The van der Waals surface area contributed by atoms with Gasteiger partial charge < -0.3 is 10.1 Å². The van der Waals surface area contributed by atoms with Crippen LogP contribution >= 0.6 is 11.8 Å². The van der Waals surface area contributed by atoms with Crippen molar-refractivity contribution in [1.29, 1.82) is 0 Å². The molecule has 1 unspecified atom stereocenters. The maximum absolute atomic E-state index is 12.8. The maximum atomic E-state index is 12.8. The zero-order chi connectivity index (χ0) is 16.2. The van der Waals surface area contributed by atoms with Crippen molar-refractivity contribution >= 4 is 29.2 Å². The van der Waals surface area contributed by atoms with E-state index in [0.717, 1.165) is 17.0 Å². The number of carbonyl (C=O) groups excluding carboxylic acids is 1. The second-order valence-corrected chi connectivity index (χ2v) is 6.70. The molecule has 2 aromatic carbocycles. The Kier molecular flexibility index (Phi) is 4.76. The number of thioether (sulfide) groups is 1. The van der Waals surface area contributed by atoms with E-state index < -0.39 is 0 Å². The third-order valence-electron chi connectivity index (χ3n) is 3.88. The highest BCUT2D eigenvalue weighted by Gasteiger charge is 2.28. The van der Waals surface area contributed by atoms with Gasteiger partial charge in [-0.1, -0.05) is 31.2 Å². The minimum atomic E-state index is -0.124. The summed E-state index contributed by atoms with van der Waals surface area (Å²) in [5.41, 5.74) is 1.65. The Bertz CT molecular complexity index is 705. The van der Waals surface area contributed by atoms with Crippen LogP contribution < -0.4 is 15.0 Å². The van der Waals surface area contributed by atoms with Crippen molar-refractivity contribution in [2.75, 3.05) is 23.9 Å². The van der Waals surface area contributed by atoms with Crippen LogP contribution in [0.2, 0.25) is 0 Å². The molecule has 0 aromatic heterocycles. The van der Waals surface area contributed by atoms with Crippen molar-refractivity contribution in [1.82, 2.24) is 0 Å². The number of methoxy groups -OCH3 is 1. The third kappa shape index (κ3) is 3.29. The Labute approximate surface area is 140 Å². The van der Waals surface area contributed by atoms with E-state index in [0.29, 0.717) is 23.2 Å². The van der Waals surface area contributed by atoms with Crippen LogP contribution in [-0.4, -0.2) is 24.9 Å². The fourth-order valence-electron chi connectivity index (χ4n) is 2.63. The predicted molar refractivity (Wildman–Crippen MR) is 95.7 cm³/mol. The summed E-state index contributed by atoms with van der Waals surface area (Å²) >= 11 is 1.85. The molecule has 1 N–H and O–H groups in total. The topological polar surface area (TPSA) is 41.6 Å². The molecule has 1 aliphatic heterocycles. The van der Waals surface area contributed by atoms with Crippen molar-refractivity contribution in [2.24, 2.45) is 0 Å². The van der Waals surface area contributed by atoms with Gasteiger partial charge in [0.15, 0.2) is 0 Å². The molecule has 0 aliphatic carbocycles. The lowest BCUT2D eigenvalue weighted by Crippen LogP contribution is -2.41. The van der Waals surface area contributed by atoms with Gasteiger partial charge in [-0.05, 0) is 30.7 Å². The summed E-state index contributed by atoms with van der Waals surface area (Å²) in [6.45, 7) is 2.86. The molecule has 5 heteroatoms. The number of anilines is 2. The number of benzene rings is 2. The first-order valence-electron chi connectivity index (χ1n) is 7.70. The molecule has 3 rings (SSSR count). The van der Waals surface area contributed by atoms with Crippen LogP contribution in [0.4, 0.5) is 16.2 Å². The summed E-state index contributed by atoms with van der Waals surface area (Å²) in [5, 5.41) is 3.38. The minimum Gasteiger partial charge on any atom is -0.495 e. The molecule has 0 fully saturated rings. The summed E-state index contributed by atoms with van der Waals surface area (Å²) in [7, 11) is 1.60. The number of urea groups is 1. The standard InChI is InChI=1S/C18H20N2O2S/c1-3-13-12-20(15-9-5-7-11-17(15)23-13)18(21)19-14-8-4-6-10-16(14)22-2/h4-11,13H,3,12H2,1-2H3,(H,19,21). The fourth-order valence-corrected chi connectivity index (χ4v) is 3.84. The number of nitrogens with zero attached hydrogens (tertiary/aromatic N) is 1. The van der Waals surface area contributed by atoms with Crippen molar-refractivity contribution in [3.05, 3.63) is 48.5 Å². The summed E-state index contributed by atoms with van der Waals surface area (Å²) in [4.78, 5) is 15.8. The molecular weight excluding hydrogens is 308 g/mol. The first-order chi connectivity index (χ1) is 11.2. The minimum absolute atomic E-state index is 0.124. The van der Waals surface area contributed by atoms with Crippen LogP contribution in [0.3, 0.4) is 0 Å². The van der Waals surface area contributed by atoms with E-state index in [1.807, 2.05) is 59.1 Å². The van der Waals surface area contributed by atoms with Gasteiger partial charge in [0.1, 0.15) is 5.75 Å². The number of carbonyl (C=O) groups is 1. The van der Waals surface area contributed by atoms with Gasteiger partial charge in [-0.15, -0.1) is 11.8 Å². The molecule has 0 radical (unpaired) electrons. The molecule has 1 aliphatic rings. The summed E-state index contributed by atoms with van der Waals surface area (Å²) in [6, 6.07) is 15.4. The van der Waals surface area contributed by atoms with Crippen LogP contribution in [0.15, 0.2) is 53.4 Å². The van der Waals surface area contributed by atoms with Crippen LogP contribution in [0.1, 0.15) is 13.3 Å². The van der Waals surface area contributed by atoms with Crippen molar-refractivity contribution in [3.8, 4) is 5.75 Å². The molecule has 1 heterocycles. The number of hydrogen-bond donors (Lipinski definition) is 1. The molecule has 2 aromatic rings. The number of nitrogens with one attached hydrogen (secondary N) is 1. The van der Waals surface area contributed by atoms with Crippen molar-refractivity contribution in [2.45, 2.75) is 23.5 Å². The Balaban J connectivity index is 1.87. The normalized spacial score (nSPS) is 16.6. The molecule has 120 valence electrons. The number of para-hydroxylation sites is 3. The predicted octanol–water partition coefficient (Wildman–Crippen LogP) is 4.62. The van der Waals surface area contributed by atoms with Gasteiger partial charge in [0, 0.05) is 16.7 Å². The lowest BCUT2D eigenvalue weighted by atomic mass is 10.2. The third-order valence-corrected chi connectivity index (χ3v) is 5.30. The average Bonchev–Trinajstić information content (AvgIpc) is 2.61. The van der Waals surface area contributed by atoms with Gasteiger partial charge in [-0.2, -0.15) is 0 Å². The number of fused-ring (bicyclic) bond motifs is 1. The smallest absolute Gasteiger partial charge is 0.326 e. The highest BCUT2D eigenvalue weighted by molar-refractivity contribution is 8.00. The molecule has 23 heavy (non-hydrogen) atoms. The summed E-state index contributed by atoms with van der Waals surface area (Å²) in [6.07, 6.45) is 1.03. The van der Waals surface area contributed by atoms with Crippen molar-refractivity contribution < 1.29 is 9.53 Å². The number of ether oxygens (including phenoxy) is 1. The molecule has 0 spiro atoms. The van der Waals surface area contributed by atoms with E-state index in [1.54, 1.807) is 7.11 Å². The molecule has 1 atom stereocenters. The first-order valence-corrected chi connectivity index (χ1v) is 8.58. The second kappa shape index (κ2) is 6.96. The lowest BCUT2D eigenvalue weighted by molar-refractivity contribution is 0.256. The average molecular weight is 328 g/mol. The van der Waals surface area contributed by atoms with Crippen molar-refractivity contribution in [3.63, 3.8) is 0 Å². The largest absolute Gasteiger partial charge is 0.495 e. The Morgan fingerprint density at radius 1 is 1.26 bits per heavy atom. The van der Waals surface area contributed by atoms with E-state index in [9.17, 15) is 4.79 Å². The molecule has 4 nitrogen and oxygen atoms in total. The Morgan fingerprint density at radius 2 is 2.00 bits per heavy atom. The van der Waals surface area contributed by atoms with Crippen LogP contribution in [-0.2, 0) is 0 Å². The van der Waals surface area contributed by atoms with Gasteiger partial charge >= 0.3 is 6.03 Å². The molecule has 0 saturated carbocycles. The van der Waals surface area contributed by atoms with E-state index in [1.165, 1.54) is 0 Å². The van der Waals surface area contributed by atoms with Crippen LogP contribution in [0.5, 0.6) is 5.75 Å². The van der Waals surface area contributed by atoms with Crippen LogP contribution in [0.25, 0.3) is 0 Å². The zero-order valence-corrected chi connectivity index (χ0v) is 14.1.